The molecular formula is C12H26N2. The molecule has 14 heavy (non-hydrogen) atoms. The first-order valence-electron chi connectivity index (χ1n) is 6.17. The van der Waals surface area contributed by atoms with E-state index in [1.807, 2.05) is 0 Å². The van der Waals surface area contributed by atoms with Crippen molar-refractivity contribution in [3.05, 3.63) is 0 Å². The molecule has 1 aliphatic heterocycles. The first kappa shape index (κ1) is 12.0. The molecule has 2 nitrogen and oxygen atoms in total. The van der Waals surface area contributed by atoms with Gasteiger partial charge in [-0.1, -0.05) is 26.7 Å². The Morgan fingerprint density at radius 2 is 2.07 bits per heavy atom. The fourth-order valence-electron chi connectivity index (χ4n) is 2.45. The van der Waals surface area contributed by atoms with Gasteiger partial charge in [0.15, 0.2) is 0 Å². The van der Waals surface area contributed by atoms with Crippen molar-refractivity contribution in [3.8, 4) is 0 Å². The summed E-state index contributed by atoms with van der Waals surface area (Å²) in [6.45, 7) is 9.79. The molecule has 0 bridgehead atoms. The summed E-state index contributed by atoms with van der Waals surface area (Å²) >= 11 is 0. The molecule has 0 aromatic carbocycles. The minimum absolute atomic E-state index is 0.898. The molecule has 1 aliphatic rings. The van der Waals surface area contributed by atoms with Crippen LogP contribution in [0.5, 0.6) is 0 Å². The Bertz CT molecular complexity index is 143. The third-order valence-corrected chi connectivity index (χ3v) is 3.53. The molecule has 1 N–H and O–H groups in total. The Balaban J connectivity index is 2.21. The van der Waals surface area contributed by atoms with E-state index in [1.54, 1.807) is 0 Å². The number of likely N-dealkylation sites (tertiary alicyclic amines) is 1. The second-order valence-electron chi connectivity index (χ2n) is 4.65. The molecule has 2 heteroatoms. The third kappa shape index (κ3) is 3.58. The van der Waals surface area contributed by atoms with E-state index in [9.17, 15) is 0 Å². The van der Waals surface area contributed by atoms with Gasteiger partial charge in [-0.3, -0.25) is 0 Å². The van der Waals surface area contributed by atoms with Gasteiger partial charge in [-0.2, -0.15) is 0 Å². The minimum Gasteiger partial charge on any atom is -0.319 e. The van der Waals surface area contributed by atoms with Crippen LogP contribution in [-0.4, -0.2) is 38.1 Å². The predicted molar refractivity (Wildman–Crippen MR) is 62.5 cm³/mol. The number of hydrogen-bond donors (Lipinski definition) is 1. The van der Waals surface area contributed by atoms with E-state index in [4.69, 9.17) is 0 Å². The highest BCUT2D eigenvalue weighted by molar-refractivity contribution is 4.78. The number of nitrogens with one attached hydrogen (secondary N) is 1. The lowest BCUT2D eigenvalue weighted by molar-refractivity contribution is 0.259. The van der Waals surface area contributed by atoms with Crippen LogP contribution in [0.1, 0.15) is 33.1 Å². The quantitative estimate of drug-likeness (QED) is 0.702. The van der Waals surface area contributed by atoms with Crippen molar-refractivity contribution in [3.63, 3.8) is 0 Å². The molecule has 1 unspecified atom stereocenters. The summed E-state index contributed by atoms with van der Waals surface area (Å²) < 4.78 is 0. The van der Waals surface area contributed by atoms with Crippen molar-refractivity contribution in [1.82, 2.24) is 10.2 Å². The van der Waals surface area contributed by atoms with Crippen molar-refractivity contribution < 1.29 is 0 Å². The maximum atomic E-state index is 3.28. The average Bonchev–Trinajstić information content (AvgIpc) is 2.63. The maximum Gasteiger partial charge on any atom is 0.00224 e. The molecule has 1 heterocycles. The molecule has 0 aromatic heterocycles. The molecule has 0 amide bonds. The molecule has 84 valence electrons. The highest BCUT2D eigenvalue weighted by atomic mass is 15.1. The Kier molecular flexibility index (Phi) is 5.49. The molecule has 0 aliphatic carbocycles. The number of rotatable bonds is 6. The van der Waals surface area contributed by atoms with E-state index in [1.165, 1.54) is 45.4 Å². The fourth-order valence-corrected chi connectivity index (χ4v) is 2.45. The first-order valence-corrected chi connectivity index (χ1v) is 6.17. The number of nitrogens with zero attached hydrogens (tertiary/aromatic N) is 1. The maximum absolute atomic E-state index is 3.28. The van der Waals surface area contributed by atoms with Crippen LogP contribution >= 0.6 is 0 Å². The van der Waals surface area contributed by atoms with Gasteiger partial charge in [0.25, 0.3) is 0 Å². The van der Waals surface area contributed by atoms with E-state index in [0.29, 0.717) is 0 Å². The van der Waals surface area contributed by atoms with E-state index in [-0.39, 0.29) is 0 Å². The highest BCUT2D eigenvalue weighted by Gasteiger charge is 2.22. The molecule has 1 rings (SSSR count). The third-order valence-electron chi connectivity index (χ3n) is 3.53. The molecular weight excluding hydrogens is 172 g/mol. The highest BCUT2D eigenvalue weighted by Crippen LogP contribution is 2.18. The van der Waals surface area contributed by atoms with Gasteiger partial charge in [0, 0.05) is 13.1 Å². The SMILES string of the molecule is CCC(CC)CN1CCC(CNC)C1. The van der Waals surface area contributed by atoms with Crippen LogP contribution in [0, 0.1) is 11.8 Å². The average molecular weight is 198 g/mol. The van der Waals surface area contributed by atoms with Gasteiger partial charge in [0.2, 0.25) is 0 Å². The van der Waals surface area contributed by atoms with E-state index in [2.05, 4.69) is 31.1 Å². The van der Waals surface area contributed by atoms with Gasteiger partial charge in [0.05, 0.1) is 0 Å². The largest absolute Gasteiger partial charge is 0.319 e. The van der Waals surface area contributed by atoms with Crippen LogP contribution < -0.4 is 5.32 Å². The zero-order valence-electron chi connectivity index (χ0n) is 10.1. The predicted octanol–water partition coefficient (Wildman–Crippen LogP) is 1.96. The molecule has 0 aromatic rings. The van der Waals surface area contributed by atoms with Gasteiger partial charge >= 0.3 is 0 Å². The molecule has 1 fully saturated rings. The van der Waals surface area contributed by atoms with Crippen LogP contribution in [0.4, 0.5) is 0 Å². The van der Waals surface area contributed by atoms with Crippen molar-refractivity contribution in [1.29, 1.82) is 0 Å². The minimum atomic E-state index is 0.898. The zero-order valence-corrected chi connectivity index (χ0v) is 10.1. The summed E-state index contributed by atoms with van der Waals surface area (Å²) in [7, 11) is 2.06. The normalized spacial score (nSPS) is 23.6. The summed E-state index contributed by atoms with van der Waals surface area (Å²) in [6.07, 6.45) is 4.06. The smallest absolute Gasteiger partial charge is 0.00224 e. The van der Waals surface area contributed by atoms with E-state index in [0.717, 1.165) is 11.8 Å². The van der Waals surface area contributed by atoms with E-state index < -0.39 is 0 Å². The molecule has 1 saturated heterocycles. The molecule has 0 spiro atoms. The summed E-state index contributed by atoms with van der Waals surface area (Å²) in [6, 6.07) is 0. The lowest BCUT2D eigenvalue weighted by Crippen LogP contribution is -2.28. The molecule has 1 atom stereocenters. The summed E-state index contributed by atoms with van der Waals surface area (Å²) in [5.41, 5.74) is 0. The number of hydrogen-bond acceptors (Lipinski definition) is 2. The van der Waals surface area contributed by atoms with Crippen LogP contribution in [0.15, 0.2) is 0 Å². The summed E-state index contributed by atoms with van der Waals surface area (Å²) in [4.78, 5) is 2.65. The Morgan fingerprint density at radius 3 is 2.64 bits per heavy atom. The summed E-state index contributed by atoms with van der Waals surface area (Å²) in [5.74, 6) is 1.82. The topological polar surface area (TPSA) is 15.3 Å². The molecule has 0 saturated carbocycles. The van der Waals surface area contributed by atoms with Gasteiger partial charge < -0.3 is 10.2 Å². The zero-order chi connectivity index (χ0) is 10.4. The Morgan fingerprint density at radius 1 is 1.36 bits per heavy atom. The van der Waals surface area contributed by atoms with Gasteiger partial charge in [0.1, 0.15) is 0 Å². The van der Waals surface area contributed by atoms with Crippen LogP contribution in [0.2, 0.25) is 0 Å². The first-order chi connectivity index (χ1) is 6.80. The summed E-state index contributed by atoms with van der Waals surface area (Å²) in [5, 5.41) is 3.28. The van der Waals surface area contributed by atoms with Gasteiger partial charge in [-0.25, -0.2) is 0 Å². The second kappa shape index (κ2) is 6.41. The second-order valence-corrected chi connectivity index (χ2v) is 4.65. The van der Waals surface area contributed by atoms with Crippen LogP contribution in [0.3, 0.4) is 0 Å². The van der Waals surface area contributed by atoms with Gasteiger partial charge in [-0.05, 0) is 38.4 Å². The standard InChI is InChI=1S/C12H26N2/c1-4-11(5-2)9-14-7-6-12(10-14)8-13-3/h11-13H,4-10H2,1-3H3. The fraction of sp³-hybridized carbons (Fsp3) is 1.00. The lowest BCUT2D eigenvalue weighted by Gasteiger charge is -2.21. The van der Waals surface area contributed by atoms with Gasteiger partial charge in [-0.15, -0.1) is 0 Å². The van der Waals surface area contributed by atoms with Crippen molar-refractivity contribution in [2.75, 3.05) is 33.2 Å². The monoisotopic (exact) mass is 198 g/mol. The van der Waals surface area contributed by atoms with Crippen molar-refractivity contribution >= 4 is 0 Å². The molecule has 0 radical (unpaired) electrons. The van der Waals surface area contributed by atoms with Crippen LogP contribution in [-0.2, 0) is 0 Å². The van der Waals surface area contributed by atoms with E-state index >= 15 is 0 Å². The Hall–Kier alpha value is -0.0800. The Labute approximate surface area is 89.1 Å². The van der Waals surface area contributed by atoms with Crippen molar-refractivity contribution in [2.24, 2.45) is 11.8 Å². The van der Waals surface area contributed by atoms with Crippen molar-refractivity contribution in [2.45, 2.75) is 33.1 Å². The lowest BCUT2D eigenvalue weighted by atomic mass is 10.0. The van der Waals surface area contributed by atoms with Crippen LogP contribution in [0.25, 0.3) is 0 Å².